The highest BCUT2D eigenvalue weighted by atomic mass is 19.1. The number of aromatic amines is 1. The van der Waals surface area contributed by atoms with E-state index < -0.39 is 0 Å². The molecule has 0 aliphatic carbocycles. The summed E-state index contributed by atoms with van der Waals surface area (Å²) in [6.07, 6.45) is 3.86. The molecule has 0 unspecified atom stereocenters. The fraction of sp³-hybridized carbons (Fsp3) is 0.118. The molecule has 3 heterocycles. The number of H-pyrrole nitrogens is 1. The molecule has 0 saturated heterocycles. The number of carbonyl (C=O) groups excluding carboxylic acids is 1. The maximum atomic E-state index is 13.7. The Morgan fingerprint density at radius 2 is 2.21 bits per heavy atom. The van der Waals surface area contributed by atoms with Crippen LogP contribution >= 0.6 is 0 Å². The topological polar surface area (TPSA) is 82.2 Å². The highest BCUT2D eigenvalue weighted by Crippen LogP contribution is 2.26. The van der Waals surface area contributed by atoms with E-state index in [-0.39, 0.29) is 11.7 Å². The Bertz CT molecular complexity index is 948. The fourth-order valence-corrected chi connectivity index (χ4v) is 2.81. The van der Waals surface area contributed by atoms with E-state index in [9.17, 15) is 9.18 Å². The molecule has 3 aromatic rings. The van der Waals surface area contributed by atoms with E-state index in [2.05, 4.69) is 25.8 Å². The van der Waals surface area contributed by atoms with Gasteiger partial charge in [0.15, 0.2) is 0 Å². The molecule has 1 aliphatic rings. The summed E-state index contributed by atoms with van der Waals surface area (Å²) in [7, 11) is 0. The number of fused-ring (bicyclic) bond motifs is 3. The lowest BCUT2D eigenvalue weighted by molar-refractivity contribution is 0.0952. The Morgan fingerprint density at radius 1 is 1.29 bits per heavy atom. The van der Waals surface area contributed by atoms with Gasteiger partial charge in [0.05, 0.1) is 17.6 Å². The molecule has 0 saturated carbocycles. The van der Waals surface area contributed by atoms with Gasteiger partial charge in [-0.1, -0.05) is 0 Å². The summed E-state index contributed by atoms with van der Waals surface area (Å²) in [6.45, 7) is 0.464. The number of hydrazone groups is 1. The van der Waals surface area contributed by atoms with Gasteiger partial charge in [-0.3, -0.25) is 15.2 Å². The number of nitrogens with zero attached hydrogens (tertiary/aromatic N) is 2. The van der Waals surface area contributed by atoms with E-state index in [1.165, 1.54) is 12.1 Å². The molecule has 1 aliphatic heterocycles. The summed E-state index contributed by atoms with van der Waals surface area (Å²) >= 11 is 0. The monoisotopic (exact) mass is 323 g/mol. The number of aromatic nitrogens is 2. The summed E-state index contributed by atoms with van der Waals surface area (Å²) < 4.78 is 13.7. The number of benzene rings is 1. The van der Waals surface area contributed by atoms with Crippen molar-refractivity contribution in [1.82, 2.24) is 15.3 Å². The Kier molecular flexibility index (Phi) is 3.45. The number of halogens is 1. The number of anilines is 1. The molecule has 0 atom stereocenters. The van der Waals surface area contributed by atoms with Crippen molar-refractivity contribution < 1.29 is 9.18 Å². The van der Waals surface area contributed by atoms with Crippen molar-refractivity contribution in [3.8, 4) is 0 Å². The lowest BCUT2D eigenvalue weighted by Crippen LogP contribution is -2.23. The van der Waals surface area contributed by atoms with Gasteiger partial charge in [0.1, 0.15) is 11.5 Å². The molecule has 1 amide bonds. The largest absolute Gasteiger partial charge is 0.350 e. The van der Waals surface area contributed by atoms with E-state index in [1.807, 2.05) is 6.07 Å². The number of hydrogen-bond acceptors (Lipinski definition) is 4. The number of pyridine rings is 1. The molecule has 6 nitrogen and oxygen atoms in total. The average molecular weight is 323 g/mol. The van der Waals surface area contributed by atoms with Gasteiger partial charge in [-0.15, -0.1) is 0 Å². The zero-order chi connectivity index (χ0) is 16.5. The second-order valence-corrected chi connectivity index (χ2v) is 5.48. The van der Waals surface area contributed by atoms with Gasteiger partial charge in [0.2, 0.25) is 0 Å². The number of rotatable bonds is 2. The first-order chi connectivity index (χ1) is 11.7. The number of amides is 1. The number of carbonyl (C=O) groups is 1. The summed E-state index contributed by atoms with van der Waals surface area (Å²) in [5.41, 5.74) is 6.11. The minimum absolute atomic E-state index is 0.215. The van der Waals surface area contributed by atoms with Crippen LogP contribution in [-0.4, -0.2) is 28.1 Å². The van der Waals surface area contributed by atoms with Crippen molar-refractivity contribution in [2.24, 2.45) is 5.10 Å². The van der Waals surface area contributed by atoms with Gasteiger partial charge in [0, 0.05) is 35.6 Å². The first kappa shape index (κ1) is 14.4. The fourth-order valence-electron chi connectivity index (χ4n) is 2.81. The molecule has 0 bridgehead atoms. The van der Waals surface area contributed by atoms with Gasteiger partial charge in [-0.05, 0) is 30.3 Å². The van der Waals surface area contributed by atoms with Crippen molar-refractivity contribution in [2.45, 2.75) is 6.42 Å². The SMILES string of the molecule is O=C1NCC/C(=N/Nc2cccnc2)c2c1[nH]c1ccc(F)cc21. The van der Waals surface area contributed by atoms with Gasteiger partial charge in [0.25, 0.3) is 5.91 Å². The zero-order valence-corrected chi connectivity index (χ0v) is 12.6. The zero-order valence-electron chi connectivity index (χ0n) is 12.6. The minimum atomic E-state index is -0.353. The molecule has 120 valence electrons. The first-order valence-corrected chi connectivity index (χ1v) is 7.55. The van der Waals surface area contributed by atoms with E-state index in [1.54, 1.807) is 24.5 Å². The van der Waals surface area contributed by atoms with Crippen LogP contribution in [0.25, 0.3) is 10.9 Å². The molecule has 4 rings (SSSR count). The van der Waals surface area contributed by atoms with Crippen LogP contribution in [0.15, 0.2) is 47.8 Å². The number of hydrogen-bond donors (Lipinski definition) is 3. The van der Waals surface area contributed by atoms with Crippen molar-refractivity contribution in [2.75, 3.05) is 12.0 Å². The Labute approximate surface area is 136 Å². The predicted molar refractivity (Wildman–Crippen MR) is 89.6 cm³/mol. The van der Waals surface area contributed by atoms with Crippen molar-refractivity contribution in [3.05, 3.63) is 59.8 Å². The Balaban J connectivity index is 1.84. The molecule has 3 N–H and O–H groups in total. The van der Waals surface area contributed by atoms with E-state index in [0.29, 0.717) is 40.8 Å². The van der Waals surface area contributed by atoms with Crippen LogP contribution in [0.3, 0.4) is 0 Å². The van der Waals surface area contributed by atoms with Gasteiger partial charge < -0.3 is 10.3 Å². The molecule has 1 aromatic carbocycles. The normalized spacial score (nSPS) is 15.9. The maximum absolute atomic E-state index is 13.7. The van der Waals surface area contributed by atoms with Crippen LogP contribution in [0.2, 0.25) is 0 Å². The Morgan fingerprint density at radius 3 is 3.04 bits per heavy atom. The van der Waals surface area contributed by atoms with E-state index >= 15 is 0 Å². The van der Waals surface area contributed by atoms with E-state index in [0.717, 1.165) is 5.69 Å². The van der Waals surface area contributed by atoms with Gasteiger partial charge in [-0.25, -0.2) is 4.39 Å². The first-order valence-electron chi connectivity index (χ1n) is 7.55. The third kappa shape index (κ3) is 2.50. The van der Waals surface area contributed by atoms with E-state index in [4.69, 9.17) is 0 Å². The summed E-state index contributed by atoms with van der Waals surface area (Å²) in [6, 6.07) is 8.04. The molecule has 0 radical (unpaired) electrons. The van der Waals surface area contributed by atoms with Gasteiger partial charge >= 0.3 is 0 Å². The molecular formula is C17H14FN5O. The second-order valence-electron chi connectivity index (χ2n) is 5.48. The van der Waals surface area contributed by atoms with Crippen LogP contribution in [0.5, 0.6) is 0 Å². The summed E-state index contributed by atoms with van der Waals surface area (Å²) in [5.74, 6) is -0.568. The lowest BCUT2D eigenvalue weighted by atomic mass is 10.0. The van der Waals surface area contributed by atoms with Crippen LogP contribution in [-0.2, 0) is 0 Å². The molecule has 7 heteroatoms. The third-order valence-corrected chi connectivity index (χ3v) is 3.91. The van der Waals surface area contributed by atoms with Crippen LogP contribution in [0.4, 0.5) is 10.1 Å². The van der Waals surface area contributed by atoms with Crippen LogP contribution in [0.1, 0.15) is 22.5 Å². The number of nitrogens with one attached hydrogen (secondary N) is 3. The quantitative estimate of drug-likeness (QED) is 0.634. The van der Waals surface area contributed by atoms with Gasteiger partial charge in [-0.2, -0.15) is 5.10 Å². The smallest absolute Gasteiger partial charge is 0.268 e. The molecular weight excluding hydrogens is 309 g/mol. The minimum Gasteiger partial charge on any atom is -0.350 e. The lowest BCUT2D eigenvalue weighted by Gasteiger charge is -2.05. The molecule has 0 fully saturated rings. The maximum Gasteiger partial charge on any atom is 0.268 e. The second kappa shape index (κ2) is 5.77. The third-order valence-electron chi connectivity index (χ3n) is 3.91. The van der Waals surface area contributed by atoms with Crippen LogP contribution < -0.4 is 10.7 Å². The summed E-state index contributed by atoms with van der Waals surface area (Å²) in [4.78, 5) is 19.3. The average Bonchev–Trinajstić information content (AvgIpc) is 2.89. The van der Waals surface area contributed by atoms with Crippen molar-refractivity contribution in [1.29, 1.82) is 0 Å². The van der Waals surface area contributed by atoms with Crippen molar-refractivity contribution >= 4 is 28.2 Å². The summed E-state index contributed by atoms with van der Waals surface area (Å²) in [5, 5.41) is 7.90. The van der Waals surface area contributed by atoms with Crippen molar-refractivity contribution in [3.63, 3.8) is 0 Å². The highest BCUT2D eigenvalue weighted by molar-refractivity contribution is 6.19. The molecule has 2 aromatic heterocycles. The highest BCUT2D eigenvalue weighted by Gasteiger charge is 2.25. The standard InChI is InChI=1S/C17H14FN5O/c18-10-3-4-13-12(8-10)15-14(5-7-20-17(24)16(15)21-13)23-22-11-2-1-6-19-9-11/h1-4,6,8-9,21-22H,5,7H2,(H,20,24)/b23-14-. The molecule has 0 spiro atoms. The molecule has 24 heavy (non-hydrogen) atoms. The predicted octanol–water partition coefficient (Wildman–Crippen LogP) is 2.65. The van der Waals surface area contributed by atoms with Crippen LogP contribution in [0, 0.1) is 5.82 Å². The Hall–Kier alpha value is -3.22.